The molecule has 0 aliphatic heterocycles. The maximum Gasteiger partial charge on any atom is 0.285 e. The van der Waals surface area contributed by atoms with E-state index >= 15 is 0 Å². The van der Waals surface area contributed by atoms with Crippen LogP contribution in [0.3, 0.4) is 0 Å². The van der Waals surface area contributed by atoms with Gasteiger partial charge in [-0.3, -0.25) is 4.79 Å². The van der Waals surface area contributed by atoms with Crippen LogP contribution in [-0.4, -0.2) is 24.2 Å². The van der Waals surface area contributed by atoms with Gasteiger partial charge in [0.2, 0.25) is 0 Å². The molecule has 0 aliphatic rings. The number of fused-ring (bicyclic) bond motifs is 1. The van der Waals surface area contributed by atoms with Crippen molar-refractivity contribution in [2.24, 2.45) is 0 Å². The second kappa shape index (κ2) is 5.11. The molecule has 0 aromatic heterocycles. The summed E-state index contributed by atoms with van der Waals surface area (Å²) in [7, 11) is 3.45. The molecule has 0 atom stereocenters. The fourth-order valence-corrected chi connectivity index (χ4v) is 2.44. The highest BCUT2D eigenvalue weighted by molar-refractivity contribution is 8.13. The summed E-state index contributed by atoms with van der Waals surface area (Å²) in [6, 6.07) is 13.4. The topological polar surface area (TPSA) is 44.1 Å². The van der Waals surface area contributed by atoms with Gasteiger partial charge in [0.25, 0.3) is 5.24 Å². The molecule has 0 aliphatic carbocycles. The van der Waals surface area contributed by atoms with Gasteiger partial charge in [-0.1, -0.05) is 24.3 Å². The monoisotopic (exact) mass is 256 g/mol. The lowest BCUT2D eigenvalue weighted by molar-refractivity contribution is 0.241. The molecule has 2 aromatic rings. The largest absolute Gasteiger partial charge is 0.339 e. The van der Waals surface area contributed by atoms with Gasteiger partial charge in [0.05, 0.1) is 11.6 Å². The smallest absolute Gasteiger partial charge is 0.285 e. The minimum Gasteiger partial charge on any atom is -0.339 e. The first-order valence-electron chi connectivity index (χ1n) is 5.44. The van der Waals surface area contributed by atoms with Gasteiger partial charge in [0.15, 0.2) is 0 Å². The molecule has 4 heteroatoms. The number of thioether (sulfide) groups is 1. The van der Waals surface area contributed by atoms with Crippen LogP contribution in [0.1, 0.15) is 5.56 Å². The lowest BCUT2D eigenvalue weighted by Crippen LogP contribution is -2.16. The molecule has 0 spiro atoms. The van der Waals surface area contributed by atoms with Gasteiger partial charge < -0.3 is 4.90 Å². The molecule has 0 radical (unpaired) electrons. The number of carbonyl (C=O) groups excluding carboxylic acids is 1. The fourth-order valence-electron chi connectivity index (χ4n) is 1.64. The van der Waals surface area contributed by atoms with Crippen molar-refractivity contribution >= 4 is 27.8 Å². The van der Waals surface area contributed by atoms with Gasteiger partial charge >= 0.3 is 0 Å². The van der Waals surface area contributed by atoms with Crippen molar-refractivity contribution in [2.45, 2.75) is 4.90 Å². The summed E-state index contributed by atoms with van der Waals surface area (Å²) in [4.78, 5) is 14.2. The average Bonchev–Trinajstić information content (AvgIpc) is 2.39. The Hall–Kier alpha value is -1.99. The van der Waals surface area contributed by atoms with Gasteiger partial charge in [-0.25, -0.2) is 0 Å². The first-order valence-corrected chi connectivity index (χ1v) is 6.26. The zero-order chi connectivity index (χ0) is 13.1. The quantitative estimate of drug-likeness (QED) is 0.734. The second-order valence-electron chi connectivity index (χ2n) is 4.03. The first kappa shape index (κ1) is 12.5. The Bertz CT molecular complexity index is 644. The number of hydrogen-bond donors (Lipinski definition) is 0. The molecule has 0 heterocycles. The van der Waals surface area contributed by atoms with Crippen molar-refractivity contribution in [2.75, 3.05) is 14.1 Å². The van der Waals surface area contributed by atoms with E-state index in [1.807, 2.05) is 30.3 Å². The van der Waals surface area contributed by atoms with Crippen LogP contribution in [0.5, 0.6) is 0 Å². The highest BCUT2D eigenvalue weighted by Gasteiger charge is 2.11. The molecule has 0 N–H and O–H groups in total. The van der Waals surface area contributed by atoms with Crippen LogP contribution in [0.2, 0.25) is 0 Å². The second-order valence-corrected chi connectivity index (χ2v) is 5.02. The molecule has 2 aromatic carbocycles. The summed E-state index contributed by atoms with van der Waals surface area (Å²) in [6.07, 6.45) is 0. The van der Waals surface area contributed by atoms with Crippen molar-refractivity contribution in [3.8, 4) is 6.07 Å². The number of nitrogens with zero attached hydrogens (tertiary/aromatic N) is 2. The summed E-state index contributed by atoms with van der Waals surface area (Å²) in [5, 5.41) is 10.9. The Labute approximate surface area is 110 Å². The van der Waals surface area contributed by atoms with E-state index in [-0.39, 0.29) is 5.24 Å². The summed E-state index contributed by atoms with van der Waals surface area (Å²) in [6.45, 7) is 0. The minimum atomic E-state index is -0.0233. The maximum atomic E-state index is 11.7. The van der Waals surface area contributed by atoms with Crippen molar-refractivity contribution in [1.82, 2.24) is 4.90 Å². The van der Waals surface area contributed by atoms with Crippen LogP contribution < -0.4 is 0 Å². The summed E-state index contributed by atoms with van der Waals surface area (Å²) >= 11 is 1.18. The molecule has 1 amide bonds. The Kier molecular flexibility index (Phi) is 3.54. The number of rotatable bonds is 1. The SMILES string of the molecule is CN(C)C(=O)Sc1ccc(C#N)c2ccccc12. The van der Waals surface area contributed by atoms with Gasteiger partial charge in [0, 0.05) is 24.4 Å². The summed E-state index contributed by atoms with van der Waals surface area (Å²) in [5.74, 6) is 0. The minimum absolute atomic E-state index is 0.0233. The average molecular weight is 256 g/mol. The van der Waals surface area contributed by atoms with Crippen LogP contribution in [0.4, 0.5) is 4.79 Å². The lowest BCUT2D eigenvalue weighted by Gasteiger charge is -2.11. The van der Waals surface area contributed by atoms with E-state index in [0.717, 1.165) is 15.7 Å². The normalized spacial score (nSPS) is 10.1. The Morgan fingerprint density at radius 2 is 1.83 bits per heavy atom. The van der Waals surface area contributed by atoms with Gasteiger partial charge in [-0.05, 0) is 29.3 Å². The number of carbonyl (C=O) groups is 1. The number of nitriles is 1. The molecule has 3 nitrogen and oxygen atoms in total. The van der Waals surface area contributed by atoms with Crippen LogP contribution in [0.25, 0.3) is 10.8 Å². The van der Waals surface area contributed by atoms with E-state index in [1.165, 1.54) is 16.7 Å². The van der Waals surface area contributed by atoms with Crippen molar-refractivity contribution in [3.05, 3.63) is 42.0 Å². The molecule has 2 rings (SSSR count). The number of amides is 1. The zero-order valence-corrected chi connectivity index (χ0v) is 11.0. The van der Waals surface area contributed by atoms with Crippen molar-refractivity contribution < 1.29 is 4.79 Å². The third-order valence-electron chi connectivity index (χ3n) is 2.57. The number of hydrogen-bond acceptors (Lipinski definition) is 3. The molecule has 90 valence electrons. The molecule has 0 saturated carbocycles. The van der Waals surface area contributed by atoms with E-state index < -0.39 is 0 Å². The van der Waals surface area contributed by atoms with Crippen LogP contribution in [0, 0.1) is 11.3 Å². The molecule has 0 unspecified atom stereocenters. The summed E-state index contributed by atoms with van der Waals surface area (Å²) < 4.78 is 0. The first-order chi connectivity index (χ1) is 8.63. The number of benzene rings is 2. The summed E-state index contributed by atoms with van der Waals surface area (Å²) in [5.41, 5.74) is 0.632. The highest BCUT2D eigenvalue weighted by atomic mass is 32.2. The van der Waals surface area contributed by atoms with E-state index in [1.54, 1.807) is 20.2 Å². The molecule has 0 fully saturated rings. The third kappa shape index (κ3) is 2.31. The Morgan fingerprint density at radius 3 is 2.44 bits per heavy atom. The zero-order valence-electron chi connectivity index (χ0n) is 10.2. The highest BCUT2D eigenvalue weighted by Crippen LogP contribution is 2.31. The van der Waals surface area contributed by atoms with E-state index in [0.29, 0.717) is 5.56 Å². The van der Waals surface area contributed by atoms with Crippen LogP contribution in [0.15, 0.2) is 41.3 Å². The molecule has 0 bridgehead atoms. The van der Waals surface area contributed by atoms with Crippen LogP contribution in [-0.2, 0) is 0 Å². The molecular weight excluding hydrogens is 244 g/mol. The van der Waals surface area contributed by atoms with E-state index in [9.17, 15) is 4.79 Å². The standard InChI is InChI=1S/C14H12N2OS/c1-16(2)14(17)18-13-8-7-10(9-15)11-5-3-4-6-12(11)13/h3-8H,1-2H3. The van der Waals surface area contributed by atoms with Gasteiger partial charge in [-0.2, -0.15) is 5.26 Å². The van der Waals surface area contributed by atoms with Crippen LogP contribution >= 0.6 is 11.8 Å². The third-order valence-corrected chi connectivity index (χ3v) is 3.68. The predicted octanol–water partition coefficient (Wildman–Crippen LogP) is 3.49. The lowest BCUT2D eigenvalue weighted by atomic mass is 10.1. The fraction of sp³-hybridized carbons (Fsp3) is 0.143. The van der Waals surface area contributed by atoms with E-state index in [4.69, 9.17) is 5.26 Å². The molecule has 0 saturated heterocycles. The van der Waals surface area contributed by atoms with Crippen molar-refractivity contribution in [3.63, 3.8) is 0 Å². The van der Waals surface area contributed by atoms with E-state index in [2.05, 4.69) is 6.07 Å². The van der Waals surface area contributed by atoms with Gasteiger partial charge in [-0.15, -0.1) is 0 Å². The predicted molar refractivity (Wildman–Crippen MR) is 73.6 cm³/mol. The Balaban J connectivity index is 2.54. The Morgan fingerprint density at radius 1 is 1.17 bits per heavy atom. The van der Waals surface area contributed by atoms with Gasteiger partial charge in [0.1, 0.15) is 0 Å². The maximum absolute atomic E-state index is 11.7. The molecule has 18 heavy (non-hydrogen) atoms. The molecular formula is C14H12N2OS. The van der Waals surface area contributed by atoms with Crippen molar-refractivity contribution in [1.29, 1.82) is 5.26 Å².